The minimum Gasteiger partial charge on any atom is -0.381 e. The van der Waals surface area contributed by atoms with Gasteiger partial charge in [-0.2, -0.15) is 0 Å². The number of nitrogens with two attached hydrogens (primary N) is 1. The van der Waals surface area contributed by atoms with Crippen LogP contribution in [0.5, 0.6) is 0 Å². The van der Waals surface area contributed by atoms with Gasteiger partial charge in [0.1, 0.15) is 0 Å². The van der Waals surface area contributed by atoms with Crippen LogP contribution in [0.1, 0.15) is 24.5 Å². The van der Waals surface area contributed by atoms with Gasteiger partial charge in [0.25, 0.3) is 0 Å². The summed E-state index contributed by atoms with van der Waals surface area (Å²) in [6.07, 6.45) is 2.19. The molecule has 0 aliphatic carbocycles. The summed E-state index contributed by atoms with van der Waals surface area (Å²) in [6, 6.07) is 8.17. The summed E-state index contributed by atoms with van der Waals surface area (Å²) in [6.45, 7) is 3.02. The molecule has 0 spiro atoms. The maximum absolute atomic E-state index is 5.96. The second kappa shape index (κ2) is 7.24. The van der Waals surface area contributed by atoms with Crippen molar-refractivity contribution < 1.29 is 9.47 Å². The molecule has 2 N–H and O–H groups in total. The van der Waals surface area contributed by atoms with E-state index in [0.29, 0.717) is 12.5 Å². The summed E-state index contributed by atoms with van der Waals surface area (Å²) >= 11 is 3.43. The predicted octanol–water partition coefficient (Wildman–Crippen LogP) is 2.89. The van der Waals surface area contributed by atoms with Crippen LogP contribution < -0.4 is 5.73 Å². The first-order valence-electron chi connectivity index (χ1n) is 6.44. The van der Waals surface area contributed by atoms with Crippen LogP contribution in [0.2, 0.25) is 0 Å². The molecular weight excluding hydrogens is 294 g/mol. The largest absolute Gasteiger partial charge is 0.381 e. The van der Waals surface area contributed by atoms with Crippen molar-refractivity contribution in [3.63, 3.8) is 0 Å². The lowest BCUT2D eigenvalue weighted by Crippen LogP contribution is -2.23. The minimum atomic E-state index is 0.000875. The summed E-state index contributed by atoms with van der Waals surface area (Å²) in [5.74, 6) is 0.614. The molecule has 18 heavy (non-hydrogen) atoms. The Morgan fingerprint density at radius 2 is 1.94 bits per heavy atom. The molecule has 0 radical (unpaired) electrons. The molecule has 1 aromatic carbocycles. The van der Waals surface area contributed by atoms with Crippen LogP contribution in [-0.4, -0.2) is 26.4 Å². The van der Waals surface area contributed by atoms with Crippen LogP contribution in [0.25, 0.3) is 0 Å². The van der Waals surface area contributed by atoms with Gasteiger partial charge in [-0.15, -0.1) is 0 Å². The molecule has 3 nitrogen and oxygen atoms in total. The Balaban J connectivity index is 1.86. The highest BCUT2D eigenvalue weighted by molar-refractivity contribution is 9.10. The Kier molecular flexibility index (Phi) is 5.63. The maximum atomic E-state index is 5.96. The molecule has 1 aliphatic heterocycles. The summed E-state index contributed by atoms with van der Waals surface area (Å²) in [4.78, 5) is 0. The number of benzene rings is 1. The first kappa shape index (κ1) is 14.0. The second-order valence-electron chi connectivity index (χ2n) is 4.66. The zero-order valence-electron chi connectivity index (χ0n) is 10.5. The van der Waals surface area contributed by atoms with E-state index in [0.717, 1.165) is 42.7 Å². The monoisotopic (exact) mass is 313 g/mol. The van der Waals surface area contributed by atoms with E-state index in [1.807, 2.05) is 12.1 Å². The molecule has 2 rings (SSSR count). The Morgan fingerprint density at radius 1 is 1.28 bits per heavy atom. The quantitative estimate of drug-likeness (QED) is 0.909. The van der Waals surface area contributed by atoms with Crippen LogP contribution in [0.15, 0.2) is 28.7 Å². The molecule has 0 saturated carbocycles. The molecule has 1 saturated heterocycles. The summed E-state index contributed by atoms with van der Waals surface area (Å²) in [5.41, 5.74) is 6.94. The smallest absolute Gasteiger partial charge is 0.0947 e. The molecular formula is C14H20BrNO2. The first-order valence-corrected chi connectivity index (χ1v) is 7.23. The number of hydrogen-bond donors (Lipinski definition) is 1. The van der Waals surface area contributed by atoms with E-state index < -0.39 is 0 Å². The van der Waals surface area contributed by atoms with E-state index in [1.165, 1.54) is 0 Å². The lowest BCUT2D eigenvalue weighted by atomic mass is 10.0. The lowest BCUT2D eigenvalue weighted by molar-refractivity contribution is -0.00873. The third-order valence-electron chi connectivity index (χ3n) is 3.33. The molecule has 0 aromatic heterocycles. The summed E-state index contributed by atoms with van der Waals surface area (Å²) < 4.78 is 12.4. The lowest BCUT2D eigenvalue weighted by Gasteiger charge is -2.24. The second-order valence-corrected chi connectivity index (χ2v) is 5.58. The van der Waals surface area contributed by atoms with Gasteiger partial charge in [0, 0.05) is 24.2 Å². The van der Waals surface area contributed by atoms with Gasteiger partial charge in [0.15, 0.2) is 0 Å². The maximum Gasteiger partial charge on any atom is 0.0947 e. The van der Waals surface area contributed by atoms with Crippen molar-refractivity contribution in [2.24, 2.45) is 11.7 Å². The van der Waals surface area contributed by atoms with Crippen LogP contribution in [0, 0.1) is 5.92 Å². The highest BCUT2D eigenvalue weighted by Gasteiger charge is 2.17. The van der Waals surface area contributed by atoms with Crippen LogP contribution in [0.3, 0.4) is 0 Å². The molecule has 100 valence electrons. The van der Waals surface area contributed by atoms with E-state index in [9.17, 15) is 0 Å². The summed E-state index contributed by atoms with van der Waals surface area (Å²) in [5, 5.41) is 0. The third-order valence-corrected chi connectivity index (χ3v) is 3.86. The van der Waals surface area contributed by atoms with Gasteiger partial charge in [-0.3, -0.25) is 0 Å². The minimum absolute atomic E-state index is 0.000875. The van der Waals surface area contributed by atoms with Crippen molar-refractivity contribution in [3.05, 3.63) is 34.3 Å². The van der Waals surface area contributed by atoms with Gasteiger partial charge in [-0.25, -0.2) is 0 Å². The van der Waals surface area contributed by atoms with Crippen LogP contribution in [-0.2, 0) is 9.47 Å². The third kappa shape index (κ3) is 4.05. The van der Waals surface area contributed by atoms with Gasteiger partial charge in [-0.1, -0.05) is 28.1 Å². The van der Waals surface area contributed by atoms with Crippen molar-refractivity contribution in [2.75, 3.05) is 26.4 Å². The van der Waals surface area contributed by atoms with Crippen molar-refractivity contribution in [2.45, 2.75) is 18.9 Å². The Labute approximate surface area is 117 Å². The van der Waals surface area contributed by atoms with Gasteiger partial charge < -0.3 is 15.2 Å². The van der Waals surface area contributed by atoms with Gasteiger partial charge in [0.05, 0.1) is 12.7 Å². The van der Waals surface area contributed by atoms with Crippen LogP contribution >= 0.6 is 15.9 Å². The Morgan fingerprint density at radius 3 is 2.56 bits per heavy atom. The first-order chi connectivity index (χ1) is 8.79. The highest BCUT2D eigenvalue weighted by Crippen LogP contribution is 2.22. The van der Waals surface area contributed by atoms with Gasteiger partial charge >= 0.3 is 0 Å². The number of hydrogen-bond acceptors (Lipinski definition) is 3. The fourth-order valence-corrected chi connectivity index (χ4v) is 2.41. The molecule has 1 aromatic rings. The molecule has 1 fully saturated rings. The Hall–Kier alpha value is -0.420. The van der Waals surface area contributed by atoms with Crippen molar-refractivity contribution in [1.29, 1.82) is 0 Å². The van der Waals surface area contributed by atoms with Crippen molar-refractivity contribution >= 4 is 15.9 Å². The molecule has 1 heterocycles. The molecule has 1 unspecified atom stereocenters. The van der Waals surface area contributed by atoms with Gasteiger partial charge in [0.2, 0.25) is 0 Å². The van der Waals surface area contributed by atoms with Gasteiger partial charge in [-0.05, 0) is 36.5 Å². The molecule has 1 atom stereocenters. The zero-order chi connectivity index (χ0) is 12.8. The number of rotatable bonds is 5. The van der Waals surface area contributed by atoms with E-state index in [-0.39, 0.29) is 6.10 Å². The number of halogens is 1. The van der Waals surface area contributed by atoms with Crippen molar-refractivity contribution in [1.82, 2.24) is 0 Å². The highest BCUT2D eigenvalue weighted by atomic mass is 79.9. The number of ether oxygens (including phenoxy) is 2. The average Bonchev–Trinajstić information content (AvgIpc) is 2.42. The average molecular weight is 314 g/mol. The van der Waals surface area contributed by atoms with E-state index in [2.05, 4.69) is 28.1 Å². The fraction of sp³-hybridized carbons (Fsp3) is 0.571. The van der Waals surface area contributed by atoms with Crippen molar-refractivity contribution in [3.8, 4) is 0 Å². The fourth-order valence-electron chi connectivity index (χ4n) is 2.14. The molecule has 1 aliphatic rings. The summed E-state index contributed by atoms with van der Waals surface area (Å²) in [7, 11) is 0. The normalized spacial score (nSPS) is 18.8. The molecule has 0 bridgehead atoms. The Bertz CT molecular complexity index is 349. The standard InChI is InChI=1S/C14H20BrNO2/c15-13-3-1-12(2-4-13)14(9-16)18-10-11-5-7-17-8-6-11/h1-4,11,14H,5-10,16H2. The van der Waals surface area contributed by atoms with E-state index in [4.69, 9.17) is 15.2 Å². The predicted molar refractivity (Wildman–Crippen MR) is 75.4 cm³/mol. The molecule has 4 heteroatoms. The SMILES string of the molecule is NCC(OCC1CCOCC1)c1ccc(Br)cc1. The van der Waals surface area contributed by atoms with E-state index in [1.54, 1.807) is 0 Å². The molecule has 0 amide bonds. The van der Waals surface area contributed by atoms with Crippen LogP contribution in [0.4, 0.5) is 0 Å². The topological polar surface area (TPSA) is 44.5 Å². The van der Waals surface area contributed by atoms with E-state index >= 15 is 0 Å². The zero-order valence-corrected chi connectivity index (χ0v) is 12.1.